The molecule has 4 heterocycles. The first-order valence-corrected chi connectivity index (χ1v) is 13.1. The van der Waals surface area contributed by atoms with Gasteiger partial charge in [-0.3, -0.25) is 4.90 Å². The number of rotatable bonds is 9. The molecule has 12 nitrogen and oxygen atoms in total. The van der Waals surface area contributed by atoms with E-state index in [4.69, 9.17) is 11.5 Å². The van der Waals surface area contributed by atoms with E-state index in [1.54, 1.807) is 30.5 Å². The third-order valence-corrected chi connectivity index (χ3v) is 6.73. The molecule has 0 radical (unpaired) electrons. The summed E-state index contributed by atoms with van der Waals surface area (Å²) < 4.78 is 29.8. The molecule has 0 fully saturated rings. The Morgan fingerprint density at radius 3 is 2.33 bits per heavy atom. The van der Waals surface area contributed by atoms with E-state index >= 15 is 0 Å². The van der Waals surface area contributed by atoms with E-state index in [1.807, 2.05) is 19.9 Å². The lowest BCUT2D eigenvalue weighted by Crippen LogP contribution is -2.31. The molecule has 5 rings (SSSR count). The maximum absolute atomic E-state index is 14.4. The lowest BCUT2D eigenvalue weighted by molar-refractivity contribution is 0.201. The topological polar surface area (TPSA) is 165 Å². The van der Waals surface area contributed by atoms with Gasteiger partial charge < -0.3 is 21.5 Å². The number of pyridine rings is 2. The maximum Gasteiger partial charge on any atom is 0.412 e. The van der Waals surface area contributed by atoms with Gasteiger partial charge in [0, 0.05) is 31.8 Å². The summed E-state index contributed by atoms with van der Waals surface area (Å²) in [5.74, 6) is -0.919. The van der Waals surface area contributed by atoms with Crippen molar-refractivity contribution in [2.75, 3.05) is 34.4 Å². The SMILES string of the molecule is CCN(CC)c1ccc(CN(C(=O)O)c2c(N)nc(-n3nc(Cc4ccccc4F)c4ncc(F)cc43)nc2N)cn1. The highest BCUT2D eigenvalue weighted by Gasteiger charge is 2.25. The molecule has 5 aromatic rings. The first kappa shape index (κ1) is 28.1. The molecule has 42 heavy (non-hydrogen) atoms. The lowest BCUT2D eigenvalue weighted by atomic mass is 10.1. The van der Waals surface area contributed by atoms with Crippen LogP contribution in [-0.4, -0.2) is 54.0 Å². The van der Waals surface area contributed by atoms with Crippen LogP contribution in [0.25, 0.3) is 17.0 Å². The molecule has 1 amide bonds. The van der Waals surface area contributed by atoms with Crippen molar-refractivity contribution in [1.82, 2.24) is 29.7 Å². The molecule has 5 N–H and O–H groups in total. The Hall–Kier alpha value is -5.40. The molecule has 216 valence electrons. The highest BCUT2D eigenvalue weighted by atomic mass is 19.1. The number of anilines is 4. The van der Waals surface area contributed by atoms with Gasteiger partial charge >= 0.3 is 6.09 Å². The fraction of sp³-hybridized carbons (Fsp3) is 0.214. The number of carboxylic acid groups (broad SMARTS) is 1. The molecule has 0 aliphatic carbocycles. The second-order valence-corrected chi connectivity index (χ2v) is 9.36. The van der Waals surface area contributed by atoms with E-state index in [0.717, 1.165) is 30.0 Å². The highest BCUT2D eigenvalue weighted by molar-refractivity contribution is 5.94. The van der Waals surface area contributed by atoms with Gasteiger partial charge in [-0.2, -0.15) is 19.7 Å². The van der Waals surface area contributed by atoms with Crippen LogP contribution in [0.5, 0.6) is 0 Å². The number of carbonyl (C=O) groups is 1. The molecule has 0 spiro atoms. The summed E-state index contributed by atoms with van der Waals surface area (Å²) in [7, 11) is 0. The van der Waals surface area contributed by atoms with Crippen molar-refractivity contribution in [2.24, 2.45) is 0 Å². The van der Waals surface area contributed by atoms with E-state index < -0.39 is 17.7 Å². The zero-order chi connectivity index (χ0) is 30.0. The number of hydrogen-bond donors (Lipinski definition) is 3. The van der Waals surface area contributed by atoms with Gasteiger partial charge in [-0.05, 0) is 37.1 Å². The van der Waals surface area contributed by atoms with Crippen LogP contribution < -0.4 is 21.3 Å². The van der Waals surface area contributed by atoms with Crippen LogP contribution in [0.4, 0.5) is 36.7 Å². The van der Waals surface area contributed by atoms with Gasteiger partial charge in [0.15, 0.2) is 11.6 Å². The zero-order valence-corrected chi connectivity index (χ0v) is 22.9. The third kappa shape index (κ3) is 5.46. The van der Waals surface area contributed by atoms with Crippen LogP contribution in [0.1, 0.15) is 30.7 Å². The van der Waals surface area contributed by atoms with Crippen molar-refractivity contribution >= 4 is 40.3 Å². The molecule has 0 saturated heterocycles. The summed E-state index contributed by atoms with van der Waals surface area (Å²) in [6, 6.07) is 11.0. The Bertz CT molecular complexity index is 1730. The molecule has 0 atom stereocenters. The number of hydrogen-bond acceptors (Lipinski definition) is 9. The standard InChI is InChI=1S/C28H28F2N10O2/c1-3-38(4-2)22-10-9-16(13-33-22)15-39(28(41)42)24-25(31)35-27(36-26(24)32)40-21-12-18(29)14-34-23(21)20(37-40)11-17-7-5-6-8-19(17)30/h5-10,12-14H,3-4,11,15H2,1-2H3,(H,41,42)(H4,31,32,35,36). The van der Waals surface area contributed by atoms with Crippen LogP contribution >= 0.6 is 0 Å². The number of aromatic nitrogens is 6. The number of halogens is 2. The Labute approximate surface area is 239 Å². The minimum Gasteiger partial charge on any atom is -0.465 e. The second kappa shape index (κ2) is 11.6. The minimum absolute atomic E-state index is 0.0613. The number of fused-ring (bicyclic) bond motifs is 1. The molecule has 4 aromatic heterocycles. The molecule has 0 bridgehead atoms. The summed E-state index contributed by atoms with van der Waals surface area (Å²) in [5.41, 5.74) is 14.1. The highest BCUT2D eigenvalue weighted by Crippen LogP contribution is 2.31. The maximum atomic E-state index is 14.4. The van der Waals surface area contributed by atoms with Gasteiger partial charge in [0.05, 0.1) is 24.0 Å². The van der Waals surface area contributed by atoms with Gasteiger partial charge in [-0.25, -0.2) is 23.5 Å². The average molecular weight is 575 g/mol. The van der Waals surface area contributed by atoms with E-state index in [-0.39, 0.29) is 41.8 Å². The first-order valence-electron chi connectivity index (χ1n) is 13.1. The van der Waals surface area contributed by atoms with E-state index in [2.05, 4.69) is 29.9 Å². The van der Waals surface area contributed by atoms with Gasteiger partial charge in [-0.1, -0.05) is 24.3 Å². The van der Waals surface area contributed by atoms with Crippen LogP contribution in [0.2, 0.25) is 0 Å². The third-order valence-electron chi connectivity index (χ3n) is 6.73. The Balaban J connectivity index is 1.52. The molecule has 1 aromatic carbocycles. The van der Waals surface area contributed by atoms with E-state index in [0.29, 0.717) is 22.3 Å². The molecule has 0 aliphatic heterocycles. The fourth-order valence-electron chi connectivity index (χ4n) is 4.65. The number of nitrogens with two attached hydrogens (primary N) is 2. The van der Waals surface area contributed by atoms with E-state index in [9.17, 15) is 18.7 Å². The largest absolute Gasteiger partial charge is 0.465 e. The Kier molecular flexibility index (Phi) is 7.78. The second-order valence-electron chi connectivity index (χ2n) is 9.36. The Morgan fingerprint density at radius 1 is 1.00 bits per heavy atom. The summed E-state index contributed by atoms with van der Waals surface area (Å²) >= 11 is 0. The number of nitrogens with zero attached hydrogens (tertiary/aromatic N) is 8. The number of amides is 1. The van der Waals surface area contributed by atoms with Crippen molar-refractivity contribution < 1.29 is 18.7 Å². The quantitative estimate of drug-likeness (QED) is 0.233. The average Bonchev–Trinajstić information content (AvgIpc) is 3.31. The predicted molar refractivity (Wildman–Crippen MR) is 154 cm³/mol. The van der Waals surface area contributed by atoms with Crippen molar-refractivity contribution in [2.45, 2.75) is 26.8 Å². The smallest absolute Gasteiger partial charge is 0.412 e. The summed E-state index contributed by atoms with van der Waals surface area (Å²) in [6.07, 6.45) is 1.34. The minimum atomic E-state index is -1.33. The number of nitrogen functional groups attached to an aromatic ring is 2. The van der Waals surface area contributed by atoms with Gasteiger partial charge in [0.2, 0.25) is 0 Å². The lowest BCUT2D eigenvalue weighted by Gasteiger charge is -2.23. The van der Waals surface area contributed by atoms with Crippen molar-refractivity contribution in [3.05, 3.63) is 83.3 Å². The van der Waals surface area contributed by atoms with Crippen LogP contribution in [0.15, 0.2) is 54.9 Å². The van der Waals surface area contributed by atoms with Crippen molar-refractivity contribution in [1.29, 1.82) is 0 Å². The Morgan fingerprint density at radius 2 is 1.71 bits per heavy atom. The van der Waals surface area contributed by atoms with E-state index in [1.165, 1.54) is 16.8 Å². The monoisotopic (exact) mass is 574 g/mol. The van der Waals surface area contributed by atoms with Crippen molar-refractivity contribution in [3.63, 3.8) is 0 Å². The summed E-state index contributed by atoms with van der Waals surface area (Å²) in [5, 5.41) is 14.5. The van der Waals surface area contributed by atoms with Gasteiger partial charge in [0.1, 0.15) is 28.7 Å². The summed E-state index contributed by atoms with van der Waals surface area (Å²) in [4.78, 5) is 32.4. The number of benzene rings is 1. The van der Waals surface area contributed by atoms with Crippen LogP contribution in [0.3, 0.4) is 0 Å². The molecular formula is C28H28F2N10O2. The zero-order valence-electron chi connectivity index (χ0n) is 22.9. The normalized spacial score (nSPS) is 11.1. The molecule has 0 saturated carbocycles. The predicted octanol–water partition coefficient (Wildman–Crippen LogP) is 4.17. The molecular weight excluding hydrogens is 546 g/mol. The van der Waals surface area contributed by atoms with Crippen LogP contribution in [0, 0.1) is 11.6 Å². The van der Waals surface area contributed by atoms with Crippen molar-refractivity contribution in [3.8, 4) is 5.95 Å². The molecule has 0 aliphatic rings. The fourth-order valence-corrected chi connectivity index (χ4v) is 4.65. The summed E-state index contributed by atoms with van der Waals surface area (Å²) in [6.45, 7) is 5.47. The van der Waals surface area contributed by atoms with Gasteiger partial charge in [-0.15, -0.1) is 0 Å². The van der Waals surface area contributed by atoms with Crippen LogP contribution in [-0.2, 0) is 13.0 Å². The molecule has 14 heteroatoms. The first-order chi connectivity index (χ1) is 20.2. The molecule has 0 unspecified atom stereocenters. The van der Waals surface area contributed by atoms with Gasteiger partial charge in [0.25, 0.3) is 5.95 Å².